The van der Waals surface area contributed by atoms with Gasteiger partial charge in [-0.3, -0.25) is 9.36 Å². The number of hydrogen-bond donors (Lipinski definition) is 0. The number of fused-ring (bicyclic) bond motifs is 1. The lowest BCUT2D eigenvalue weighted by molar-refractivity contribution is 0.672. The SMILES string of the molecule is Cn1cnnc1Cn1cnc2ccsc2c1=O. The second kappa shape index (κ2) is 3.77. The van der Waals surface area contributed by atoms with Gasteiger partial charge in [-0.25, -0.2) is 4.98 Å². The van der Waals surface area contributed by atoms with Crippen LogP contribution in [0.3, 0.4) is 0 Å². The molecule has 17 heavy (non-hydrogen) atoms. The van der Waals surface area contributed by atoms with Gasteiger partial charge in [-0.15, -0.1) is 21.5 Å². The maximum Gasteiger partial charge on any atom is 0.271 e. The summed E-state index contributed by atoms with van der Waals surface area (Å²) in [6, 6.07) is 1.84. The summed E-state index contributed by atoms with van der Waals surface area (Å²) >= 11 is 1.41. The Labute approximate surface area is 100 Å². The molecule has 0 amide bonds. The Morgan fingerprint density at radius 2 is 2.29 bits per heavy atom. The maximum absolute atomic E-state index is 12.1. The molecule has 3 aromatic heterocycles. The van der Waals surface area contributed by atoms with E-state index in [0.29, 0.717) is 11.2 Å². The van der Waals surface area contributed by atoms with E-state index >= 15 is 0 Å². The van der Waals surface area contributed by atoms with Crippen LogP contribution in [0.4, 0.5) is 0 Å². The van der Waals surface area contributed by atoms with Crippen LogP contribution in [0.5, 0.6) is 0 Å². The van der Waals surface area contributed by atoms with E-state index in [9.17, 15) is 4.79 Å². The van der Waals surface area contributed by atoms with Gasteiger partial charge in [0.05, 0.1) is 18.4 Å². The molecule has 7 heteroatoms. The molecule has 0 aliphatic heterocycles. The van der Waals surface area contributed by atoms with E-state index < -0.39 is 0 Å². The molecule has 0 unspecified atom stereocenters. The van der Waals surface area contributed by atoms with E-state index in [0.717, 1.165) is 11.3 Å². The van der Waals surface area contributed by atoms with Gasteiger partial charge in [0.15, 0.2) is 5.82 Å². The quantitative estimate of drug-likeness (QED) is 0.666. The van der Waals surface area contributed by atoms with E-state index in [1.807, 2.05) is 18.5 Å². The highest BCUT2D eigenvalue weighted by molar-refractivity contribution is 7.17. The average Bonchev–Trinajstić information content (AvgIpc) is 2.92. The topological polar surface area (TPSA) is 65.6 Å². The van der Waals surface area contributed by atoms with Crippen molar-refractivity contribution in [1.82, 2.24) is 24.3 Å². The molecular formula is C10H9N5OS. The number of thiophene rings is 1. The molecule has 3 aromatic rings. The Hall–Kier alpha value is -2.02. The molecule has 0 fully saturated rings. The van der Waals surface area contributed by atoms with Crippen LogP contribution in [0.25, 0.3) is 10.2 Å². The van der Waals surface area contributed by atoms with Crippen molar-refractivity contribution in [3.63, 3.8) is 0 Å². The van der Waals surface area contributed by atoms with Crippen molar-refractivity contribution in [2.75, 3.05) is 0 Å². The Morgan fingerprint density at radius 3 is 3.06 bits per heavy atom. The molecule has 0 spiro atoms. The summed E-state index contributed by atoms with van der Waals surface area (Å²) in [7, 11) is 1.84. The molecule has 0 bridgehead atoms. The van der Waals surface area contributed by atoms with Crippen LogP contribution in [-0.2, 0) is 13.6 Å². The Balaban J connectivity index is 2.09. The predicted molar refractivity (Wildman–Crippen MR) is 64.0 cm³/mol. The molecule has 0 N–H and O–H groups in total. The zero-order valence-corrected chi connectivity index (χ0v) is 9.89. The number of aromatic nitrogens is 5. The maximum atomic E-state index is 12.1. The van der Waals surface area contributed by atoms with Gasteiger partial charge in [0, 0.05) is 7.05 Å². The zero-order chi connectivity index (χ0) is 11.8. The fourth-order valence-electron chi connectivity index (χ4n) is 1.59. The van der Waals surface area contributed by atoms with E-state index in [2.05, 4.69) is 15.2 Å². The molecule has 0 aliphatic rings. The second-order valence-corrected chi connectivity index (χ2v) is 4.59. The normalized spacial score (nSPS) is 11.1. The van der Waals surface area contributed by atoms with E-state index in [-0.39, 0.29) is 5.56 Å². The lowest BCUT2D eigenvalue weighted by Crippen LogP contribution is -2.21. The highest BCUT2D eigenvalue weighted by Crippen LogP contribution is 2.13. The summed E-state index contributed by atoms with van der Waals surface area (Å²) in [5, 5.41) is 9.60. The summed E-state index contributed by atoms with van der Waals surface area (Å²) in [5.74, 6) is 0.727. The van der Waals surface area contributed by atoms with Gasteiger partial charge in [-0.2, -0.15) is 0 Å². The summed E-state index contributed by atoms with van der Waals surface area (Å²) in [6.07, 6.45) is 3.16. The molecule has 3 rings (SSSR count). The molecule has 0 aromatic carbocycles. The van der Waals surface area contributed by atoms with Gasteiger partial charge in [0.2, 0.25) is 0 Å². The standard InChI is InChI=1S/C10H9N5OS/c1-14-6-12-13-8(14)4-15-5-11-7-2-3-17-9(7)10(15)16/h2-3,5-6H,4H2,1H3. The first kappa shape index (κ1) is 10.2. The molecule has 3 heterocycles. The second-order valence-electron chi connectivity index (χ2n) is 3.67. The summed E-state index contributed by atoms with van der Waals surface area (Å²) < 4.78 is 4.00. The van der Waals surface area contributed by atoms with Crippen molar-refractivity contribution in [3.8, 4) is 0 Å². The van der Waals surface area contributed by atoms with Gasteiger partial charge in [0.25, 0.3) is 5.56 Å². The van der Waals surface area contributed by atoms with Crippen LogP contribution in [-0.4, -0.2) is 24.3 Å². The molecular weight excluding hydrogens is 238 g/mol. The van der Waals surface area contributed by atoms with Crippen LogP contribution in [0.2, 0.25) is 0 Å². The van der Waals surface area contributed by atoms with Crippen molar-refractivity contribution < 1.29 is 0 Å². The summed E-state index contributed by atoms with van der Waals surface area (Å²) in [4.78, 5) is 16.3. The highest BCUT2D eigenvalue weighted by atomic mass is 32.1. The molecule has 0 saturated heterocycles. The smallest absolute Gasteiger partial charge is 0.271 e. The van der Waals surface area contributed by atoms with Crippen molar-refractivity contribution in [1.29, 1.82) is 0 Å². The number of rotatable bonds is 2. The molecule has 86 valence electrons. The number of nitrogens with zero attached hydrogens (tertiary/aromatic N) is 5. The van der Waals surface area contributed by atoms with E-state index in [4.69, 9.17) is 0 Å². The summed E-state index contributed by atoms with van der Waals surface area (Å²) in [6.45, 7) is 0.385. The minimum Gasteiger partial charge on any atom is -0.319 e. The fraction of sp³-hybridized carbons (Fsp3) is 0.200. The first-order valence-corrected chi connectivity index (χ1v) is 5.89. The fourth-order valence-corrected chi connectivity index (χ4v) is 2.39. The van der Waals surface area contributed by atoms with Crippen LogP contribution >= 0.6 is 11.3 Å². The van der Waals surface area contributed by atoms with Gasteiger partial charge in [-0.1, -0.05) is 0 Å². The van der Waals surface area contributed by atoms with Crippen LogP contribution in [0, 0.1) is 0 Å². The van der Waals surface area contributed by atoms with Gasteiger partial charge < -0.3 is 4.57 Å². The minimum absolute atomic E-state index is 0.0343. The van der Waals surface area contributed by atoms with Crippen molar-refractivity contribution in [3.05, 3.63) is 40.3 Å². The third kappa shape index (κ3) is 1.64. The zero-order valence-electron chi connectivity index (χ0n) is 9.07. The molecule has 0 radical (unpaired) electrons. The van der Waals surface area contributed by atoms with E-state index in [1.165, 1.54) is 11.3 Å². The molecule has 0 saturated carbocycles. The first-order valence-electron chi connectivity index (χ1n) is 5.01. The minimum atomic E-state index is -0.0343. The number of aryl methyl sites for hydroxylation is 1. The molecule has 0 atom stereocenters. The van der Waals surface area contributed by atoms with E-state index in [1.54, 1.807) is 21.8 Å². The van der Waals surface area contributed by atoms with Gasteiger partial charge in [-0.05, 0) is 11.4 Å². The lowest BCUT2D eigenvalue weighted by atomic mass is 10.4. The monoisotopic (exact) mass is 247 g/mol. The van der Waals surface area contributed by atoms with Crippen LogP contribution < -0.4 is 5.56 Å². The third-order valence-electron chi connectivity index (χ3n) is 2.55. The largest absolute Gasteiger partial charge is 0.319 e. The van der Waals surface area contributed by atoms with Crippen molar-refractivity contribution in [2.45, 2.75) is 6.54 Å². The van der Waals surface area contributed by atoms with Crippen LogP contribution in [0.15, 0.2) is 28.9 Å². The average molecular weight is 247 g/mol. The highest BCUT2D eigenvalue weighted by Gasteiger charge is 2.07. The Bertz CT molecular complexity index is 725. The Kier molecular flexibility index (Phi) is 2.25. The predicted octanol–water partition coefficient (Wildman–Crippen LogP) is 0.635. The lowest BCUT2D eigenvalue weighted by Gasteiger charge is -2.03. The third-order valence-corrected chi connectivity index (χ3v) is 3.44. The Morgan fingerprint density at radius 1 is 1.41 bits per heavy atom. The van der Waals surface area contributed by atoms with Crippen molar-refractivity contribution >= 4 is 21.6 Å². The van der Waals surface area contributed by atoms with Crippen molar-refractivity contribution in [2.24, 2.45) is 7.05 Å². The van der Waals surface area contributed by atoms with Crippen LogP contribution in [0.1, 0.15) is 5.82 Å². The van der Waals surface area contributed by atoms with Gasteiger partial charge >= 0.3 is 0 Å². The van der Waals surface area contributed by atoms with Gasteiger partial charge in [0.1, 0.15) is 11.0 Å². The molecule has 0 aliphatic carbocycles. The summed E-state index contributed by atoms with van der Waals surface area (Å²) in [5.41, 5.74) is 0.710. The first-order chi connectivity index (χ1) is 8.25. The number of hydrogen-bond acceptors (Lipinski definition) is 5. The molecule has 6 nitrogen and oxygen atoms in total.